The second-order valence-electron chi connectivity index (χ2n) is 1.47. The molecule has 6 nitrogen and oxygen atoms in total. The van der Waals surface area contributed by atoms with Gasteiger partial charge in [-0.05, 0) is 0 Å². The van der Waals surface area contributed by atoms with Crippen molar-refractivity contribution in [3.8, 4) is 0 Å². The molecule has 0 atom stereocenters. The molecule has 0 saturated heterocycles. The van der Waals surface area contributed by atoms with Crippen LogP contribution in [0, 0.1) is 0 Å². The summed E-state index contributed by atoms with van der Waals surface area (Å²) in [5, 5.41) is 16.2. The van der Waals surface area contributed by atoms with Gasteiger partial charge in [-0.15, -0.1) is 0 Å². The molecule has 76 valence electrons. The molecule has 0 aromatic carbocycles. The van der Waals surface area contributed by atoms with Crippen molar-refractivity contribution in [2.24, 2.45) is 0 Å². The van der Waals surface area contributed by atoms with Crippen LogP contribution < -0.4 is 0 Å². The Morgan fingerprint density at radius 2 is 1.50 bits per heavy atom. The molecule has 0 radical (unpaired) electrons. The van der Waals surface area contributed by atoms with Gasteiger partial charge in [0.05, 0.1) is 33.5 Å². The molecule has 0 heterocycles. The fraction of sp³-hybridized carbons (Fsp3) is 1.00. The van der Waals surface area contributed by atoms with E-state index in [0.717, 1.165) is 7.11 Å². The minimum absolute atomic E-state index is 0.0278. The third-order valence-electron chi connectivity index (χ3n) is 0.620. The van der Waals surface area contributed by atoms with Crippen LogP contribution in [0.1, 0.15) is 0 Å². The van der Waals surface area contributed by atoms with E-state index in [-0.39, 0.29) is 13.2 Å². The first-order valence-electron chi connectivity index (χ1n) is 3.17. The van der Waals surface area contributed by atoms with Crippen molar-refractivity contribution in [1.29, 1.82) is 0 Å². The van der Waals surface area contributed by atoms with E-state index in [1.807, 2.05) is 0 Å². The van der Waals surface area contributed by atoms with E-state index in [1.54, 1.807) is 0 Å². The maximum absolute atomic E-state index is 9.18. The lowest BCUT2D eigenvalue weighted by Crippen LogP contribution is -2.03. The molecule has 0 unspecified atom stereocenters. The lowest BCUT2D eigenvalue weighted by molar-refractivity contribution is 0.0650. The number of thiol groups is 1. The summed E-state index contributed by atoms with van der Waals surface area (Å²) in [6.07, 6.45) is 0. The van der Waals surface area contributed by atoms with Gasteiger partial charge in [0.2, 0.25) is 0 Å². The van der Waals surface area contributed by atoms with Crippen molar-refractivity contribution in [2.75, 3.05) is 33.5 Å². The highest BCUT2D eigenvalue weighted by Gasteiger charge is 1.79. The van der Waals surface area contributed by atoms with Crippen LogP contribution >= 0.6 is 0 Å². The van der Waals surface area contributed by atoms with Gasteiger partial charge in [0.25, 0.3) is 11.0 Å². The topological polar surface area (TPSA) is 93.1 Å². The summed E-state index contributed by atoms with van der Waals surface area (Å²) in [6, 6.07) is 0. The van der Waals surface area contributed by atoms with Crippen LogP contribution in [0.25, 0.3) is 0 Å². The van der Waals surface area contributed by atoms with E-state index < -0.39 is 11.0 Å². The molecular weight excluding hydrogens is 188 g/mol. The quantitative estimate of drug-likeness (QED) is 0.358. The van der Waals surface area contributed by atoms with E-state index in [0.29, 0.717) is 13.2 Å². The van der Waals surface area contributed by atoms with E-state index in [2.05, 4.69) is 8.92 Å². The lowest BCUT2D eigenvalue weighted by atomic mass is 10.7. The molecule has 0 spiro atoms. The first-order chi connectivity index (χ1) is 5.68. The van der Waals surface area contributed by atoms with Crippen molar-refractivity contribution >= 4 is 11.0 Å². The summed E-state index contributed by atoms with van der Waals surface area (Å²) in [7, 11) is -1.50. The first kappa shape index (κ1) is 14.3. The van der Waals surface area contributed by atoms with Crippen molar-refractivity contribution in [3.63, 3.8) is 0 Å². The van der Waals surface area contributed by atoms with Gasteiger partial charge in [0.1, 0.15) is 0 Å². The fourth-order valence-electron chi connectivity index (χ4n) is 0.231. The Hall–Kier alpha value is -0.210. The first-order valence-corrected chi connectivity index (χ1v) is 4.26. The van der Waals surface area contributed by atoms with Crippen LogP contribution in [-0.2, 0) is 19.9 Å². The monoisotopic (exact) mass is 202 g/mol. The molecular formula is C5H14O6S. The third kappa shape index (κ3) is 22.6. The van der Waals surface area contributed by atoms with Gasteiger partial charge in [0.15, 0.2) is 0 Å². The largest absolute Gasteiger partial charge is 0.394 e. The molecule has 0 amide bonds. The van der Waals surface area contributed by atoms with Gasteiger partial charge in [-0.25, -0.2) is 8.42 Å². The van der Waals surface area contributed by atoms with Crippen LogP contribution in [0.2, 0.25) is 0 Å². The number of hydrogen-bond donors (Lipinski definition) is 3. The Balaban J connectivity index is 0. The molecule has 0 aliphatic heterocycles. The molecule has 2 N–H and O–H groups in total. The number of aliphatic hydroxyl groups excluding tert-OH is 2. The SMILES string of the molecule is CO[SH](=O)=O.OCCOCCO. The van der Waals surface area contributed by atoms with Gasteiger partial charge in [-0.3, -0.25) is 4.18 Å². The van der Waals surface area contributed by atoms with Crippen LogP contribution in [0.5, 0.6) is 0 Å². The molecule has 0 aromatic heterocycles. The highest BCUT2D eigenvalue weighted by Crippen LogP contribution is 1.68. The van der Waals surface area contributed by atoms with Crippen LogP contribution in [0.4, 0.5) is 0 Å². The van der Waals surface area contributed by atoms with Gasteiger partial charge >= 0.3 is 0 Å². The maximum Gasteiger partial charge on any atom is 0.256 e. The fourth-order valence-corrected chi connectivity index (χ4v) is 0.231. The predicted octanol–water partition coefficient (Wildman–Crippen LogP) is -1.85. The number of aliphatic hydroxyl groups is 2. The van der Waals surface area contributed by atoms with Crippen LogP contribution in [0.3, 0.4) is 0 Å². The average molecular weight is 202 g/mol. The summed E-state index contributed by atoms with van der Waals surface area (Å²) < 4.78 is 26.7. The van der Waals surface area contributed by atoms with E-state index >= 15 is 0 Å². The highest BCUT2D eigenvalue weighted by molar-refractivity contribution is 7.67. The lowest BCUT2D eigenvalue weighted by Gasteiger charge is -1.94. The molecule has 12 heavy (non-hydrogen) atoms. The minimum Gasteiger partial charge on any atom is -0.394 e. The van der Waals surface area contributed by atoms with Crippen molar-refractivity contribution in [3.05, 3.63) is 0 Å². The smallest absolute Gasteiger partial charge is 0.256 e. The van der Waals surface area contributed by atoms with Crippen LogP contribution in [0.15, 0.2) is 0 Å². The van der Waals surface area contributed by atoms with E-state index in [9.17, 15) is 8.42 Å². The molecule has 0 bridgehead atoms. The molecule has 0 saturated carbocycles. The zero-order valence-corrected chi connectivity index (χ0v) is 7.70. The van der Waals surface area contributed by atoms with Crippen molar-refractivity contribution in [2.45, 2.75) is 0 Å². The Labute approximate surface area is 72.9 Å². The zero-order chi connectivity index (χ0) is 9.82. The Morgan fingerprint density at radius 1 is 1.17 bits per heavy atom. The number of rotatable bonds is 5. The standard InChI is InChI=1S/C4H10O3.CH4O3S/c5-1-3-7-4-2-6;1-4-5(2)3/h5-6H,1-4H2;5H,1H3. The maximum atomic E-state index is 9.18. The molecule has 0 fully saturated rings. The minimum atomic E-state index is -2.60. The Bertz CT molecular complexity index is 122. The van der Waals surface area contributed by atoms with Gasteiger partial charge in [-0.1, -0.05) is 0 Å². The molecule has 0 aromatic rings. The van der Waals surface area contributed by atoms with Gasteiger partial charge in [0, 0.05) is 0 Å². The van der Waals surface area contributed by atoms with Gasteiger partial charge in [-0.2, -0.15) is 0 Å². The molecule has 0 rings (SSSR count). The predicted molar refractivity (Wildman–Crippen MR) is 42.3 cm³/mol. The van der Waals surface area contributed by atoms with Crippen LogP contribution in [-0.4, -0.2) is 52.2 Å². The zero-order valence-electron chi connectivity index (χ0n) is 6.80. The number of ether oxygens (including phenoxy) is 1. The molecule has 7 heteroatoms. The highest BCUT2D eigenvalue weighted by atomic mass is 32.2. The van der Waals surface area contributed by atoms with Gasteiger partial charge < -0.3 is 14.9 Å². The second-order valence-corrected chi connectivity index (χ2v) is 2.28. The Morgan fingerprint density at radius 3 is 1.67 bits per heavy atom. The average Bonchev–Trinajstić information content (AvgIpc) is 2.07. The number of hydrogen-bond acceptors (Lipinski definition) is 6. The second kappa shape index (κ2) is 13.4. The van der Waals surface area contributed by atoms with Crippen molar-refractivity contribution < 1.29 is 27.6 Å². The third-order valence-corrected chi connectivity index (χ3v) is 0.918. The van der Waals surface area contributed by atoms with Crippen molar-refractivity contribution in [1.82, 2.24) is 0 Å². The molecule has 0 aliphatic carbocycles. The van der Waals surface area contributed by atoms with E-state index in [4.69, 9.17) is 10.2 Å². The summed E-state index contributed by atoms with van der Waals surface area (Å²) in [6.45, 7) is 0.696. The summed E-state index contributed by atoms with van der Waals surface area (Å²) in [4.78, 5) is 0. The van der Waals surface area contributed by atoms with E-state index in [1.165, 1.54) is 0 Å². The molecule has 0 aliphatic rings. The normalized spacial score (nSPS) is 9.33. The summed E-state index contributed by atoms with van der Waals surface area (Å²) >= 11 is 0. The summed E-state index contributed by atoms with van der Waals surface area (Å²) in [5.41, 5.74) is 0. The summed E-state index contributed by atoms with van der Waals surface area (Å²) in [5.74, 6) is 0. The Kier molecular flexibility index (Phi) is 16.0.